The topological polar surface area (TPSA) is 52.6 Å². The molecule has 0 fully saturated rings. The monoisotopic (exact) mass is 295 g/mol. The molecule has 0 bridgehead atoms. The van der Waals surface area contributed by atoms with Crippen LogP contribution in [0.5, 0.6) is 11.5 Å². The zero-order valence-electron chi connectivity index (χ0n) is 12.3. The highest BCUT2D eigenvalue weighted by molar-refractivity contribution is 5.75. The molecule has 0 aliphatic rings. The van der Waals surface area contributed by atoms with Crippen LogP contribution in [0.15, 0.2) is 42.5 Å². The van der Waals surface area contributed by atoms with Gasteiger partial charge < -0.3 is 9.47 Å². The number of hydrogen-bond acceptors (Lipinski definition) is 4. The van der Waals surface area contributed by atoms with Crippen molar-refractivity contribution in [3.8, 4) is 11.5 Å². The summed E-state index contributed by atoms with van der Waals surface area (Å²) in [4.78, 5) is 22.2. The normalized spacial score (nSPS) is 10.5. The number of hydrogen-bond donors (Lipinski definition) is 0. The number of esters is 2. The van der Waals surface area contributed by atoms with E-state index in [2.05, 4.69) is 6.07 Å². The summed E-state index contributed by atoms with van der Waals surface area (Å²) in [5, 5.41) is 0. The molecule has 4 nitrogen and oxygen atoms in total. The van der Waals surface area contributed by atoms with E-state index >= 15 is 0 Å². The van der Waals surface area contributed by atoms with Crippen molar-refractivity contribution in [1.29, 1.82) is 0 Å². The fraction of sp³-hybridized carbons (Fsp3) is 0.111. The van der Waals surface area contributed by atoms with E-state index in [4.69, 9.17) is 9.47 Å². The molecule has 111 valence electrons. The van der Waals surface area contributed by atoms with Crippen LogP contribution in [0, 0.1) is 6.07 Å². The van der Waals surface area contributed by atoms with E-state index < -0.39 is 11.9 Å². The van der Waals surface area contributed by atoms with Gasteiger partial charge in [-0.25, -0.2) is 0 Å². The van der Waals surface area contributed by atoms with E-state index in [0.717, 1.165) is 11.1 Å². The van der Waals surface area contributed by atoms with E-state index in [1.54, 1.807) is 12.1 Å². The largest absolute Gasteiger partial charge is 0.427 e. The zero-order valence-corrected chi connectivity index (χ0v) is 12.3. The molecule has 0 spiro atoms. The Morgan fingerprint density at radius 3 is 1.86 bits per heavy atom. The number of carbonyl (C=O) groups excluding carboxylic acids is 2. The van der Waals surface area contributed by atoms with E-state index in [1.807, 2.05) is 36.4 Å². The van der Waals surface area contributed by atoms with Crippen molar-refractivity contribution in [3.05, 3.63) is 59.7 Å². The molecule has 2 aromatic carbocycles. The van der Waals surface area contributed by atoms with Gasteiger partial charge in [-0.15, -0.1) is 0 Å². The molecule has 0 atom stereocenters. The lowest BCUT2D eigenvalue weighted by Gasteiger charge is -2.07. The fourth-order valence-corrected chi connectivity index (χ4v) is 1.84. The first-order valence-electron chi connectivity index (χ1n) is 6.69. The summed E-state index contributed by atoms with van der Waals surface area (Å²) in [5.41, 5.74) is 1.76. The smallest absolute Gasteiger partial charge is 0.308 e. The number of carbonyl (C=O) groups is 2. The molecule has 4 heteroatoms. The molecular formula is C18H15O4. The zero-order chi connectivity index (χ0) is 15.9. The second-order valence-electron chi connectivity index (χ2n) is 4.59. The summed E-state index contributed by atoms with van der Waals surface area (Å²) in [6.45, 7) is 2.63. The first-order valence-corrected chi connectivity index (χ1v) is 6.69. The molecule has 2 aromatic rings. The van der Waals surface area contributed by atoms with Crippen molar-refractivity contribution < 1.29 is 19.1 Å². The Morgan fingerprint density at radius 1 is 0.864 bits per heavy atom. The maximum Gasteiger partial charge on any atom is 0.308 e. The average molecular weight is 295 g/mol. The molecule has 0 amide bonds. The van der Waals surface area contributed by atoms with E-state index in [9.17, 15) is 9.59 Å². The minimum Gasteiger partial charge on any atom is -0.427 e. The van der Waals surface area contributed by atoms with Gasteiger partial charge in [0, 0.05) is 19.9 Å². The molecular weight excluding hydrogens is 280 g/mol. The van der Waals surface area contributed by atoms with Gasteiger partial charge in [0.2, 0.25) is 0 Å². The first kappa shape index (κ1) is 15.5. The van der Waals surface area contributed by atoms with Crippen LogP contribution in [0.1, 0.15) is 25.0 Å². The molecule has 0 unspecified atom stereocenters. The van der Waals surface area contributed by atoms with Crippen molar-refractivity contribution >= 4 is 24.1 Å². The van der Waals surface area contributed by atoms with Crippen molar-refractivity contribution in [2.45, 2.75) is 13.8 Å². The number of rotatable bonds is 4. The minimum atomic E-state index is -0.437. The summed E-state index contributed by atoms with van der Waals surface area (Å²) < 4.78 is 10.1. The van der Waals surface area contributed by atoms with Crippen LogP contribution in [-0.2, 0) is 9.59 Å². The summed E-state index contributed by atoms with van der Waals surface area (Å²) in [6.07, 6.45) is 3.74. The highest BCUT2D eigenvalue weighted by Gasteiger charge is 2.06. The third-order valence-electron chi connectivity index (χ3n) is 2.64. The Balaban J connectivity index is 2.30. The Kier molecular flexibility index (Phi) is 5.09. The van der Waals surface area contributed by atoms with Gasteiger partial charge in [-0.1, -0.05) is 36.4 Å². The average Bonchev–Trinajstić information content (AvgIpc) is 2.44. The summed E-state index contributed by atoms with van der Waals surface area (Å²) in [5.74, 6) is -0.221. The van der Waals surface area contributed by atoms with Gasteiger partial charge in [0.15, 0.2) is 0 Å². The second kappa shape index (κ2) is 7.22. The van der Waals surface area contributed by atoms with Crippen LogP contribution in [0.2, 0.25) is 0 Å². The lowest BCUT2D eigenvalue weighted by molar-refractivity contribution is -0.132. The van der Waals surface area contributed by atoms with Crippen molar-refractivity contribution in [2.75, 3.05) is 0 Å². The number of ether oxygens (including phenoxy) is 2. The summed E-state index contributed by atoms with van der Waals surface area (Å²) in [7, 11) is 0. The fourth-order valence-electron chi connectivity index (χ4n) is 1.84. The molecule has 0 aromatic heterocycles. The maximum atomic E-state index is 11.1. The van der Waals surface area contributed by atoms with Gasteiger partial charge in [0.25, 0.3) is 0 Å². The minimum absolute atomic E-state index is 0.326. The van der Waals surface area contributed by atoms with Crippen LogP contribution in [-0.4, -0.2) is 11.9 Å². The van der Waals surface area contributed by atoms with Gasteiger partial charge >= 0.3 is 11.9 Å². The molecule has 0 aliphatic carbocycles. The number of benzene rings is 2. The lowest BCUT2D eigenvalue weighted by atomic mass is 10.1. The lowest BCUT2D eigenvalue weighted by Crippen LogP contribution is -2.04. The van der Waals surface area contributed by atoms with Crippen LogP contribution < -0.4 is 9.47 Å². The molecule has 2 rings (SSSR count). The first-order chi connectivity index (χ1) is 10.5. The molecule has 0 N–H and O–H groups in total. The highest BCUT2D eigenvalue weighted by atomic mass is 16.5. The van der Waals surface area contributed by atoms with E-state index in [-0.39, 0.29) is 0 Å². The van der Waals surface area contributed by atoms with Crippen molar-refractivity contribution in [3.63, 3.8) is 0 Å². The van der Waals surface area contributed by atoms with Crippen molar-refractivity contribution in [2.24, 2.45) is 0 Å². The third-order valence-corrected chi connectivity index (χ3v) is 2.64. The predicted octanol–water partition coefficient (Wildman–Crippen LogP) is 3.51. The Hall–Kier alpha value is -2.88. The van der Waals surface area contributed by atoms with Gasteiger partial charge in [-0.05, 0) is 29.3 Å². The van der Waals surface area contributed by atoms with Gasteiger partial charge in [-0.2, -0.15) is 0 Å². The molecule has 0 heterocycles. The summed E-state index contributed by atoms with van der Waals surface area (Å²) in [6, 6.07) is 15.3. The molecule has 1 radical (unpaired) electrons. The van der Waals surface area contributed by atoms with Crippen LogP contribution in [0.4, 0.5) is 0 Å². The van der Waals surface area contributed by atoms with E-state index in [0.29, 0.717) is 11.5 Å². The van der Waals surface area contributed by atoms with Crippen LogP contribution >= 0.6 is 0 Å². The Morgan fingerprint density at radius 2 is 1.36 bits per heavy atom. The van der Waals surface area contributed by atoms with Gasteiger partial charge in [0.05, 0.1) is 0 Å². The quantitative estimate of drug-likeness (QED) is 0.492. The van der Waals surface area contributed by atoms with Gasteiger partial charge in [0.1, 0.15) is 11.5 Å². The van der Waals surface area contributed by atoms with Gasteiger partial charge in [-0.3, -0.25) is 9.59 Å². The SMILES string of the molecule is CC(=O)Oc1cc(/C=C/c2cc[c]cc2)cc(OC(C)=O)c1. The molecule has 22 heavy (non-hydrogen) atoms. The highest BCUT2D eigenvalue weighted by Crippen LogP contribution is 2.25. The van der Waals surface area contributed by atoms with Crippen LogP contribution in [0.3, 0.4) is 0 Å². The Labute approximate surface area is 129 Å². The molecule has 0 saturated carbocycles. The summed E-state index contributed by atoms with van der Waals surface area (Å²) >= 11 is 0. The second-order valence-corrected chi connectivity index (χ2v) is 4.59. The molecule has 0 saturated heterocycles. The third kappa shape index (κ3) is 4.90. The van der Waals surface area contributed by atoms with Crippen LogP contribution in [0.25, 0.3) is 12.2 Å². The Bertz CT molecular complexity index is 668. The maximum absolute atomic E-state index is 11.1. The predicted molar refractivity (Wildman–Crippen MR) is 83.3 cm³/mol. The standard InChI is InChI=1S/C18H15O4/c1-13(19)21-17-10-16(11-18(12-17)22-14(2)20)9-8-15-6-4-3-5-7-15/h4-12H,1-2H3/b9-8+. The van der Waals surface area contributed by atoms with Crippen molar-refractivity contribution in [1.82, 2.24) is 0 Å². The van der Waals surface area contributed by atoms with E-state index in [1.165, 1.54) is 19.9 Å². The molecule has 0 aliphatic heterocycles.